The van der Waals surface area contributed by atoms with E-state index in [1.807, 2.05) is 32.0 Å². The van der Waals surface area contributed by atoms with Crippen molar-refractivity contribution in [2.45, 2.75) is 46.1 Å². The monoisotopic (exact) mass is 294 g/mol. The van der Waals surface area contributed by atoms with Crippen LogP contribution in [-0.2, 0) is 0 Å². The van der Waals surface area contributed by atoms with Crippen molar-refractivity contribution in [1.29, 1.82) is 0 Å². The van der Waals surface area contributed by atoms with Crippen LogP contribution in [0.15, 0.2) is 18.2 Å². The van der Waals surface area contributed by atoms with Gasteiger partial charge in [0.15, 0.2) is 0 Å². The van der Waals surface area contributed by atoms with Crippen molar-refractivity contribution in [2.75, 3.05) is 18.5 Å². The molecular formula is C16H26N2O3. The number of ether oxygens (including phenoxy) is 1. The minimum atomic E-state index is -0.494. The zero-order chi connectivity index (χ0) is 15.7. The van der Waals surface area contributed by atoms with Crippen molar-refractivity contribution in [3.8, 4) is 5.75 Å². The van der Waals surface area contributed by atoms with E-state index in [2.05, 4.69) is 17.6 Å². The average Bonchev–Trinajstić information content (AvgIpc) is 2.46. The molecule has 0 spiro atoms. The van der Waals surface area contributed by atoms with E-state index in [0.717, 1.165) is 29.8 Å². The van der Waals surface area contributed by atoms with Crippen molar-refractivity contribution >= 4 is 11.7 Å². The largest absolute Gasteiger partial charge is 0.494 e. The molecule has 0 bridgehead atoms. The first-order chi connectivity index (χ1) is 10.1. The first kappa shape index (κ1) is 17.3. The smallest absolute Gasteiger partial charge is 0.319 e. The number of urea groups is 1. The quantitative estimate of drug-likeness (QED) is 0.690. The Bertz CT molecular complexity index is 449. The second-order valence-electron chi connectivity index (χ2n) is 5.10. The molecule has 118 valence electrons. The van der Waals surface area contributed by atoms with Crippen LogP contribution in [-0.4, -0.2) is 30.4 Å². The molecule has 21 heavy (non-hydrogen) atoms. The number of anilines is 1. The zero-order valence-corrected chi connectivity index (χ0v) is 13.1. The van der Waals surface area contributed by atoms with Crippen LogP contribution in [0.2, 0.25) is 0 Å². The third kappa shape index (κ3) is 6.49. The summed E-state index contributed by atoms with van der Waals surface area (Å²) in [6.07, 6.45) is 2.04. The molecule has 1 aromatic carbocycles. The first-order valence-corrected chi connectivity index (χ1v) is 7.53. The predicted octanol–water partition coefficient (Wildman–Crippen LogP) is 3.07. The molecule has 5 nitrogen and oxygen atoms in total. The van der Waals surface area contributed by atoms with Gasteiger partial charge in [-0.25, -0.2) is 4.79 Å². The minimum absolute atomic E-state index is 0.260. The number of aliphatic hydroxyl groups excluding tert-OH is 1. The summed E-state index contributed by atoms with van der Waals surface area (Å²) in [6, 6.07) is 5.25. The van der Waals surface area contributed by atoms with Gasteiger partial charge in [-0.3, -0.25) is 0 Å². The summed E-state index contributed by atoms with van der Waals surface area (Å²) in [4.78, 5) is 11.8. The predicted molar refractivity (Wildman–Crippen MR) is 84.9 cm³/mol. The summed E-state index contributed by atoms with van der Waals surface area (Å²) in [7, 11) is 0. The van der Waals surface area contributed by atoms with Crippen LogP contribution in [0.5, 0.6) is 5.75 Å². The molecule has 2 amide bonds. The number of benzene rings is 1. The number of rotatable bonds is 8. The van der Waals surface area contributed by atoms with E-state index in [0.29, 0.717) is 13.0 Å². The molecule has 1 rings (SSSR count). The Kier molecular flexibility index (Phi) is 7.61. The number of aliphatic hydroxyl groups is 1. The Balaban J connectivity index is 2.48. The van der Waals surface area contributed by atoms with Crippen molar-refractivity contribution < 1.29 is 14.6 Å². The van der Waals surface area contributed by atoms with Gasteiger partial charge in [-0.05, 0) is 43.5 Å². The highest BCUT2D eigenvalue weighted by Crippen LogP contribution is 2.21. The lowest BCUT2D eigenvalue weighted by Gasteiger charge is -2.13. The SMILES string of the molecule is CCCOc1ccc(NC(=O)NCC(O)CCC)c(C)c1. The highest BCUT2D eigenvalue weighted by molar-refractivity contribution is 5.90. The molecule has 0 fully saturated rings. The van der Waals surface area contributed by atoms with Crippen LogP contribution in [0.3, 0.4) is 0 Å². The number of aryl methyl sites for hydroxylation is 1. The number of carbonyl (C=O) groups is 1. The van der Waals surface area contributed by atoms with E-state index in [1.54, 1.807) is 0 Å². The third-order valence-corrected chi connectivity index (χ3v) is 3.04. The molecule has 0 aliphatic heterocycles. The molecule has 0 heterocycles. The molecule has 5 heteroatoms. The maximum Gasteiger partial charge on any atom is 0.319 e. The molecular weight excluding hydrogens is 268 g/mol. The van der Waals surface area contributed by atoms with Crippen molar-refractivity contribution in [3.05, 3.63) is 23.8 Å². The Morgan fingerprint density at radius 3 is 2.71 bits per heavy atom. The van der Waals surface area contributed by atoms with Gasteiger partial charge in [-0.15, -0.1) is 0 Å². The zero-order valence-electron chi connectivity index (χ0n) is 13.1. The molecule has 0 aromatic heterocycles. The lowest BCUT2D eigenvalue weighted by atomic mass is 10.2. The van der Waals surface area contributed by atoms with Gasteiger partial charge in [-0.2, -0.15) is 0 Å². The summed E-state index contributed by atoms with van der Waals surface area (Å²) in [5.41, 5.74) is 1.68. The first-order valence-electron chi connectivity index (χ1n) is 7.53. The third-order valence-electron chi connectivity index (χ3n) is 3.04. The van der Waals surface area contributed by atoms with Crippen LogP contribution >= 0.6 is 0 Å². The molecule has 0 saturated carbocycles. The molecule has 0 aliphatic carbocycles. The second-order valence-corrected chi connectivity index (χ2v) is 5.10. The fourth-order valence-corrected chi connectivity index (χ4v) is 1.90. The lowest BCUT2D eigenvalue weighted by molar-refractivity contribution is 0.162. The fraction of sp³-hybridized carbons (Fsp3) is 0.562. The van der Waals surface area contributed by atoms with E-state index in [1.165, 1.54) is 0 Å². The Labute approximate surface area is 126 Å². The maximum atomic E-state index is 11.8. The van der Waals surface area contributed by atoms with Crippen molar-refractivity contribution in [2.24, 2.45) is 0 Å². The molecule has 1 aromatic rings. The van der Waals surface area contributed by atoms with Crippen LogP contribution in [0.1, 0.15) is 38.7 Å². The molecule has 1 unspecified atom stereocenters. The van der Waals surface area contributed by atoms with Gasteiger partial charge in [0, 0.05) is 12.2 Å². The van der Waals surface area contributed by atoms with E-state index >= 15 is 0 Å². The van der Waals surface area contributed by atoms with E-state index in [4.69, 9.17) is 4.74 Å². The van der Waals surface area contributed by atoms with Crippen LogP contribution in [0.4, 0.5) is 10.5 Å². The number of carbonyl (C=O) groups excluding carboxylic acids is 1. The van der Waals surface area contributed by atoms with E-state index in [-0.39, 0.29) is 12.6 Å². The van der Waals surface area contributed by atoms with Gasteiger partial charge in [0.1, 0.15) is 5.75 Å². The normalized spacial score (nSPS) is 11.8. The van der Waals surface area contributed by atoms with Gasteiger partial charge in [-0.1, -0.05) is 20.3 Å². The second kappa shape index (κ2) is 9.23. The molecule has 0 radical (unpaired) electrons. The van der Waals surface area contributed by atoms with Crippen LogP contribution in [0, 0.1) is 6.92 Å². The summed E-state index contributed by atoms with van der Waals surface area (Å²) >= 11 is 0. The van der Waals surface area contributed by atoms with Gasteiger partial charge >= 0.3 is 6.03 Å². The molecule has 3 N–H and O–H groups in total. The van der Waals surface area contributed by atoms with Crippen molar-refractivity contribution in [3.63, 3.8) is 0 Å². The maximum absolute atomic E-state index is 11.8. The number of hydrogen-bond donors (Lipinski definition) is 3. The van der Waals surface area contributed by atoms with Gasteiger partial charge in [0.05, 0.1) is 12.7 Å². The van der Waals surface area contributed by atoms with Gasteiger partial charge in [0.25, 0.3) is 0 Å². The van der Waals surface area contributed by atoms with E-state index in [9.17, 15) is 9.90 Å². The fourth-order valence-electron chi connectivity index (χ4n) is 1.90. The molecule has 0 aliphatic rings. The van der Waals surface area contributed by atoms with E-state index < -0.39 is 6.10 Å². The molecule has 1 atom stereocenters. The summed E-state index contributed by atoms with van der Waals surface area (Å²) < 4.78 is 5.54. The standard InChI is InChI=1S/C16H26N2O3/c1-4-6-13(19)11-17-16(20)18-15-8-7-14(10-12(15)3)21-9-5-2/h7-8,10,13,19H,4-6,9,11H2,1-3H3,(H2,17,18,20). The number of amides is 2. The van der Waals surface area contributed by atoms with Crippen LogP contribution in [0.25, 0.3) is 0 Å². The van der Waals surface area contributed by atoms with Crippen LogP contribution < -0.4 is 15.4 Å². The number of hydrogen-bond acceptors (Lipinski definition) is 3. The van der Waals surface area contributed by atoms with Gasteiger partial charge in [0.2, 0.25) is 0 Å². The Morgan fingerprint density at radius 1 is 1.33 bits per heavy atom. The summed E-state index contributed by atoms with van der Waals surface area (Å²) in [6.45, 7) is 6.91. The highest BCUT2D eigenvalue weighted by Gasteiger charge is 2.08. The topological polar surface area (TPSA) is 70.6 Å². The highest BCUT2D eigenvalue weighted by atomic mass is 16.5. The molecule has 0 saturated heterocycles. The van der Waals surface area contributed by atoms with Gasteiger partial charge < -0.3 is 20.5 Å². The Hall–Kier alpha value is -1.75. The van der Waals surface area contributed by atoms with Crippen molar-refractivity contribution in [1.82, 2.24) is 5.32 Å². The summed E-state index contributed by atoms with van der Waals surface area (Å²) in [5, 5.41) is 15.0. The minimum Gasteiger partial charge on any atom is -0.494 e. The average molecular weight is 294 g/mol. The lowest BCUT2D eigenvalue weighted by Crippen LogP contribution is -2.35. The number of nitrogens with one attached hydrogen (secondary N) is 2. The Morgan fingerprint density at radius 2 is 2.10 bits per heavy atom. The summed E-state index contributed by atoms with van der Waals surface area (Å²) in [5.74, 6) is 0.804.